The minimum absolute atomic E-state index is 0.155. The van der Waals surface area contributed by atoms with Crippen molar-refractivity contribution in [3.05, 3.63) is 0 Å². The van der Waals surface area contributed by atoms with Crippen molar-refractivity contribution < 1.29 is 0 Å². The number of hydrogen-bond acceptors (Lipinski definition) is 2. The highest BCUT2D eigenvalue weighted by molar-refractivity contribution is 7.84. The first kappa shape index (κ1) is 10.0. The molecule has 1 atom stereocenters. The van der Waals surface area contributed by atoms with Gasteiger partial charge < -0.3 is 0 Å². The molecule has 0 aromatic carbocycles. The molecule has 0 amide bonds. The molecule has 0 bridgehead atoms. The Balaban J connectivity index is 3.88. The van der Waals surface area contributed by atoms with E-state index in [1.807, 2.05) is 0 Å². The topological polar surface area (TPSA) is 0 Å². The summed E-state index contributed by atoms with van der Waals surface area (Å²) in [5.74, 6) is 0.219. The fourth-order valence-corrected chi connectivity index (χ4v) is 1.04. The van der Waals surface area contributed by atoms with Crippen LogP contribution in [-0.4, -0.2) is 20.4 Å². The molecule has 0 aliphatic heterocycles. The van der Waals surface area contributed by atoms with Crippen LogP contribution < -0.4 is 0 Å². The van der Waals surface area contributed by atoms with E-state index in [1.165, 1.54) is 0 Å². The maximum absolute atomic E-state index is 5.57. The molecule has 0 radical (unpaired) electrons. The third-order valence-electron chi connectivity index (χ3n) is 0.614. The molecule has 0 aromatic heterocycles. The Labute approximate surface area is 79.5 Å². The van der Waals surface area contributed by atoms with E-state index in [0.717, 1.165) is 0 Å². The van der Waals surface area contributed by atoms with Crippen molar-refractivity contribution in [1.29, 1.82) is 0 Å². The summed E-state index contributed by atoms with van der Waals surface area (Å²) in [6, 6.07) is 0. The Hall–Kier alpha value is 1.05. The maximum Gasteiger partial charge on any atom is 0.112 e. The lowest BCUT2D eigenvalue weighted by atomic mass is 10.4. The van der Waals surface area contributed by atoms with E-state index < -0.39 is 5.38 Å². The number of alkyl halides is 2. The molecular weight excluding hydrogens is 219 g/mol. The Morgan fingerprint density at radius 3 is 2.00 bits per heavy atom. The van der Waals surface area contributed by atoms with Crippen LogP contribution >= 0.6 is 59.2 Å². The third-order valence-corrected chi connectivity index (χ3v) is 2.75. The third kappa shape index (κ3) is 3.68. The molecule has 0 aliphatic carbocycles. The van der Waals surface area contributed by atoms with E-state index in [-0.39, 0.29) is 10.2 Å². The van der Waals surface area contributed by atoms with Gasteiger partial charge in [0.15, 0.2) is 0 Å². The van der Waals surface area contributed by atoms with Crippen molar-refractivity contribution >= 4 is 68.4 Å². The van der Waals surface area contributed by atoms with Crippen LogP contribution in [-0.2, 0) is 0 Å². The van der Waals surface area contributed by atoms with Gasteiger partial charge in [0.25, 0.3) is 0 Å². The van der Waals surface area contributed by atoms with Gasteiger partial charge in [-0.05, 0) is 0 Å². The molecule has 0 saturated heterocycles. The van der Waals surface area contributed by atoms with Crippen molar-refractivity contribution in [2.24, 2.45) is 0 Å². The van der Waals surface area contributed by atoms with Crippen molar-refractivity contribution in [2.45, 2.75) is 5.38 Å². The van der Waals surface area contributed by atoms with Crippen LogP contribution in [0.4, 0.5) is 0 Å². The second-order valence-electron chi connectivity index (χ2n) is 1.27. The van der Waals surface area contributed by atoms with Gasteiger partial charge in [0.2, 0.25) is 0 Å². The molecular formula is C4H3Cl3S2. The fraction of sp³-hybridized carbons (Fsp3) is 0.500. The van der Waals surface area contributed by atoms with E-state index in [4.69, 9.17) is 47.0 Å². The van der Waals surface area contributed by atoms with Crippen molar-refractivity contribution in [3.8, 4) is 0 Å². The standard InChI is InChI=1S/C4H3Cl3S2/c5-1-2(8)3(6)4(7)9/h3H,1H2. The smallest absolute Gasteiger partial charge is 0.112 e. The van der Waals surface area contributed by atoms with E-state index in [1.54, 1.807) is 0 Å². The van der Waals surface area contributed by atoms with Gasteiger partial charge in [-0.2, -0.15) is 0 Å². The highest BCUT2D eigenvalue weighted by atomic mass is 35.5. The molecule has 9 heavy (non-hydrogen) atoms. The lowest BCUT2D eigenvalue weighted by Crippen LogP contribution is -2.18. The van der Waals surface area contributed by atoms with Gasteiger partial charge in [-0.25, -0.2) is 0 Å². The maximum atomic E-state index is 5.57. The predicted octanol–water partition coefficient (Wildman–Crippen LogP) is 2.77. The number of rotatable bonds is 3. The normalized spacial score (nSPS) is 12.8. The van der Waals surface area contributed by atoms with Crippen LogP contribution in [0.25, 0.3) is 0 Å². The minimum Gasteiger partial charge on any atom is -0.121 e. The molecule has 0 fully saturated rings. The van der Waals surface area contributed by atoms with E-state index in [2.05, 4.69) is 12.2 Å². The predicted molar refractivity (Wildman–Crippen MR) is 51.4 cm³/mol. The molecule has 0 rings (SSSR count). The first-order valence-electron chi connectivity index (χ1n) is 2.01. The number of hydrogen-bond donors (Lipinski definition) is 0. The number of halogens is 3. The van der Waals surface area contributed by atoms with Gasteiger partial charge in [-0.15, -0.1) is 23.2 Å². The van der Waals surface area contributed by atoms with Crippen LogP contribution in [0.1, 0.15) is 0 Å². The average Bonchev–Trinajstić information content (AvgIpc) is 1.84. The van der Waals surface area contributed by atoms with E-state index >= 15 is 0 Å². The Morgan fingerprint density at radius 1 is 1.44 bits per heavy atom. The van der Waals surface area contributed by atoms with Crippen LogP contribution in [0, 0.1) is 0 Å². The zero-order chi connectivity index (χ0) is 7.44. The molecule has 0 spiro atoms. The fourth-order valence-electron chi connectivity index (χ4n) is 0.194. The zero-order valence-corrected chi connectivity index (χ0v) is 8.14. The van der Waals surface area contributed by atoms with Crippen molar-refractivity contribution in [3.63, 3.8) is 0 Å². The van der Waals surface area contributed by atoms with E-state index in [9.17, 15) is 0 Å². The molecule has 0 aliphatic rings. The first-order chi connectivity index (χ1) is 4.09. The quantitative estimate of drug-likeness (QED) is 0.408. The molecule has 0 nitrogen and oxygen atoms in total. The van der Waals surface area contributed by atoms with Gasteiger partial charge >= 0.3 is 0 Å². The summed E-state index contributed by atoms with van der Waals surface area (Å²) >= 11 is 25.5. The van der Waals surface area contributed by atoms with Crippen LogP contribution in [0.15, 0.2) is 0 Å². The molecule has 0 N–H and O–H groups in total. The Bertz CT molecular complexity index is 134. The second-order valence-corrected chi connectivity index (χ2v) is 3.57. The van der Waals surface area contributed by atoms with Gasteiger partial charge in [-0.1, -0.05) is 36.0 Å². The average molecular weight is 222 g/mol. The SMILES string of the molecule is S=C(Cl)C(Cl)C(=S)CCl. The van der Waals surface area contributed by atoms with Gasteiger partial charge in [0.1, 0.15) is 9.70 Å². The van der Waals surface area contributed by atoms with Crippen LogP contribution in [0.3, 0.4) is 0 Å². The first-order valence-corrected chi connectivity index (χ1v) is 4.18. The molecule has 0 saturated carbocycles. The Kier molecular flexibility index (Phi) is 5.36. The van der Waals surface area contributed by atoms with Crippen molar-refractivity contribution in [1.82, 2.24) is 0 Å². The largest absolute Gasteiger partial charge is 0.121 e. The van der Waals surface area contributed by atoms with Gasteiger partial charge in [-0.3, -0.25) is 0 Å². The highest BCUT2D eigenvalue weighted by Crippen LogP contribution is 2.07. The van der Waals surface area contributed by atoms with Crippen LogP contribution in [0.2, 0.25) is 0 Å². The van der Waals surface area contributed by atoms with Gasteiger partial charge in [0, 0.05) is 4.86 Å². The minimum atomic E-state index is -0.547. The summed E-state index contributed by atoms with van der Waals surface area (Å²) < 4.78 is 0.155. The van der Waals surface area contributed by atoms with Crippen LogP contribution in [0.5, 0.6) is 0 Å². The monoisotopic (exact) mass is 220 g/mol. The molecule has 0 aromatic rings. The molecule has 52 valence electrons. The summed E-state index contributed by atoms with van der Waals surface area (Å²) in [4.78, 5) is 0.471. The lowest BCUT2D eigenvalue weighted by molar-refractivity contribution is 1.67. The molecule has 0 heterocycles. The summed E-state index contributed by atoms with van der Waals surface area (Å²) in [5, 5.41) is -0.547. The van der Waals surface area contributed by atoms with E-state index in [0.29, 0.717) is 4.86 Å². The summed E-state index contributed by atoms with van der Waals surface area (Å²) in [6.07, 6.45) is 0. The summed E-state index contributed by atoms with van der Waals surface area (Å²) in [5.41, 5.74) is 0. The number of thiocarbonyl (C=S) groups is 2. The van der Waals surface area contributed by atoms with Crippen molar-refractivity contribution in [2.75, 3.05) is 5.88 Å². The second kappa shape index (κ2) is 4.80. The lowest BCUT2D eigenvalue weighted by Gasteiger charge is -2.02. The van der Waals surface area contributed by atoms with Gasteiger partial charge in [0.05, 0.1) is 5.88 Å². The highest BCUT2D eigenvalue weighted by Gasteiger charge is 2.12. The Morgan fingerprint density at radius 2 is 1.89 bits per heavy atom. The molecule has 5 heteroatoms. The summed E-state index contributed by atoms with van der Waals surface area (Å²) in [7, 11) is 0. The summed E-state index contributed by atoms with van der Waals surface area (Å²) in [6.45, 7) is 0. The molecule has 1 unspecified atom stereocenters. The zero-order valence-electron chi connectivity index (χ0n) is 4.23.